The molecule has 0 atom stereocenters. The number of hydrogen-bond acceptors (Lipinski definition) is 8. The van der Waals surface area contributed by atoms with Crippen molar-refractivity contribution in [2.45, 2.75) is 19.0 Å². The van der Waals surface area contributed by atoms with Crippen LogP contribution in [-0.2, 0) is 4.79 Å². The van der Waals surface area contributed by atoms with Crippen molar-refractivity contribution in [1.29, 1.82) is 0 Å². The van der Waals surface area contributed by atoms with Crippen LogP contribution in [0.2, 0.25) is 0 Å². The van der Waals surface area contributed by atoms with Gasteiger partial charge in [-0.25, -0.2) is 15.0 Å². The van der Waals surface area contributed by atoms with E-state index in [1.807, 2.05) is 19.9 Å². The van der Waals surface area contributed by atoms with Crippen molar-refractivity contribution >= 4 is 50.0 Å². The Bertz CT molecular complexity index is 953. The number of fused-ring (bicyclic) bond motifs is 1. The highest BCUT2D eigenvalue weighted by Crippen LogP contribution is 2.29. The Kier molecular flexibility index (Phi) is 4.91. The number of carbonyl (C=O) groups is 1. The lowest BCUT2D eigenvalue weighted by molar-refractivity contribution is -0.384. The molecule has 2 aromatic heterocycles. The lowest BCUT2D eigenvalue weighted by Gasteiger charge is -2.03. The average Bonchev–Trinajstić information content (AvgIpc) is 2.93. The van der Waals surface area contributed by atoms with Crippen LogP contribution in [-0.4, -0.2) is 31.5 Å². The molecule has 0 saturated carbocycles. The number of aromatic nitrogens is 3. The topological polar surface area (TPSA) is 111 Å². The summed E-state index contributed by atoms with van der Waals surface area (Å²) in [5.74, 6) is -0.0831. The first-order chi connectivity index (χ1) is 11.9. The number of hydrogen-bond donors (Lipinski definition) is 1. The Hall–Kier alpha value is -2.59. The fraction of sp³-hybridized carbons (Fsp3) is 0.200. The Morgan fingerprint density at radius 1 is 1.24 bits per heavy atom. The van der Waals surface area contributed by atoms with Crippen molar-refractivity contribution in [2.24, 2.45) is 0 Å². The molecular weight excluding hydrogens is 362 g/mol. The van der Waals surface area contributed by atoms with Crippen molar-refractivity contribution in [3.8, 4) is 0 Å². The van der Waals surface area contributed by atoms with Crippen LogP contribution in [0.4, 0.5) is 10.8 Å². The largest absolute Gasteiger partial charge is 0.301 e. The first kappa shape index (κ1) is 17.2. The molecule has 0 unspecified atom stereocenters. The van der Waals surface area contributed by atoms with Gasteiger partial charge < -0.3 is 5.32 Å². The summed E-state index contributed by atoms with van der Waals surface area (Å²) < 4.78 is 0.648. The molecule has 0 saturated heterocycles. The molecule has 0 spiro atoms. The summed E-state index contributed by atoms with van der Waals surface area (Å²) in [6, 6.07) is 6.27. The minimum absolute atomic E-state index is 0.00320. The lowest BCUT2D eigenvalue weighted by Crippen LogP contribution is -2.14. The number of aryl methyl sites for hydroxylation is 2. The standard InChI is InChI=1S/C15H13N5O3S2/c1-8-5-9(2)17-14(16-8)24-7-13(21)19-15-18-11-4-3-10(20(22)23)6-12(11)25-15/h3-6H,7H2,1-2H3,(H,18,19,21). The first-order valence-electron chi connectivity index (χ1n) is 7.20. The van der Waals surface area contributed by atoms with E-state index in [1.54, 1.807) is 6.07 Å². The van der Waals surface area contributed by atoms with Gasteiger partial charge in [0, 0.05) is 23.5 Å². The highest BCUT2D eigenvalue weighted by Gasteiger charge is 2.12. The van der Waals surface area contributed by atoms with Crippen LogP contribution in [0.3, 0.4) is 0 Å². The zero-order valence-electron chi connectivity index (χ0n) is 13.3. The maximum atomic E-state index is 12.1. The van der Waals surface area contributed by atoms with Gasteiger partial charge in [-0.2, -0.15) is 0 Å². The molecule has 0 fully saturated rings. The van der Waals surface area contributed by atoms with Gasteiger partial charge in [0.2, 0.25) is 5.91 Å². The van der Waals surface area contributed by atoms with Gasteiger partial charge in [0.25, 0.3) is 5.69 Å². The minimum atomic E-state index is -0.460. The molecule has 0 radical (unpaired) electrons. The molecule has 0 aliphatic carbocycles. The highest BCUT2D eigenvalue weighted by molar-refractivity contribution is 7.99. The second kappa shape index (κ2) is 7.11. The summed E-state index contributed by atoms with van der Waals surface area (Å²) in [5, 5.41) is 14.5. The van der Waals surface area contributed by atoms with E-state index in [9.17, 15) is 14.9 Å². The van der Waals surface area contributed by atoms with Crippen LogP contribution < -0.4 is 5.32 Å². The lowest BCUT2D eigenvalue weighted by atomic mass is 10.3. The summed E-state index contributed by atoms with van der Waals surface area (Å²) >= 11 is 2.44. The number of amides is 1. The number of benzene rings is 1. The maximum absolute atomic E-state index is 12.1. The summed E-state index contributed by atoms with van der Waals surface area (Å²) in [7, 11) is 0. The normalized spacial score (nSPS) is 10.8. The highest BCUT2D eigenvalue weighted by atomic mass is 32.2. The molecule has 3 rings (SSSR count). The molecule has 1 aromatic carbocycles. The van der Waals surface area contributed by atoms with Gasteiger partial charge >= 0.3 is 0 Å². The molecule has 1 amide bonds. The van der Waals surface area contributed by atoms with Gasteiger partial charge in [-0.1, -0.05) is 23.1 Å². The van der Waals surface area contributed by atoms with Crippen LogP contribution in [0.25, 0.3) is 10.2 Å². The number of nitrogens with zero attached hydrogens (tertiary/aromatic N) is 4. The summed E-state index contributed by atoms with van der Waals surface area (Å²) in [5.41, 5.74) is 2.30. The third-order valence-electron chi connectivity index (χ3n) is 3.12. The van der Waals surface area contributed by atoms with Gasteiger partial charge in [0.1, 0.15) is 0 Å². The van der Waals surface area contributed by atoms with E-state index in [0.717, 1.165) is 11.4 Å². The summed E-state index contributed by atoms with van der Waals surface area (Å²) in [6.45, 7) is 3.75. The number of nitrogens with one attached hydrogen (secondary N) is 1. The third kappa shape index (κ3) is 4.28. The van der Waals surface area contributed by atoms with E-state index in [0.29, 0.717) is 20.5 Å². The first-order valence-corrected chi connectivity index (χ1v) is 9.01. The van der Waals surface area contributed by atoms with Crippen LogP contribution >= 0.6 is 23.1 Å². The van der Waals surface area contributed by atoms with Crippen LogP contribution in [0, 0.1) is 24.0 Å². The molecule has 8 nitrogen and oxygen atoms in total. The van der Waals surface area contributed by atoms with E-state index in [1.165, 1.54) is 35.2 Å². The molecule has 10 heteroatoms. The number of anilines is 1. The predicted molar refractivity (Wildman–Crippen MR) is 97.1 cm³/mol. The fourth-order valence-corrected chi connectivity index (χ4v) is 3.79. The summed E-state index contributed by atoms with van der Waals surface area (Å²) in [6.07, 6.45) is 0. The monoisotopic (exact) mass is 375 g/mol. The van der Waals surface area contributed by atoms with Crippen LogP contribution in [0.1, 0.15) is 11.4 Å². The smallest absolute Gasteiger partial charge is 0.270 e. The van der Waals surface area contributed by atoms with Crippen molar-refractivity contribution in [3.63, 3.8) is 0 Å². The van der Waals surface area contributed by atoms with E-state index in [2.05, 4.69) is 20.3 Å². The molecule has 25 heavy (non-hydrogen) atoms. The molecule has 1 N–H and O–H groups in total. The van der Waals surface area contributed by atoms with Gasteiger partial charge in [-0.05, 0) is 26.0 Å². The predicted octanol–water partition coefficient (Wildman–Crippen LogP) is 3.34. The second-order valence-electron chi connectivity index (χ2n) is 5.20. The van der Waals surface area contributed by atoms with Gasteiger partial charge in [-0.15, -0.1) is 0 Å². The van der Waals surface area contributed by atoms with Crippen molar-refractivity contribution < 1.29 is 9.72 Å². The third-order valence-corrected chi connectivity index (χ3v) is 4.90. The van der Waals surface area contributed by atoms with Crippen molar-refractivity contribution in [2.75, 3.05) is 11.1 Å². The molecule has 0 aliphatic heterocycles. The number of thioether (sulfide) groups is 1. The quantitative estimate of drug-likeness (QED) is 0.315. The number of carbonyl (C=O) groups excluding carboxylic acids is 1. The van der Waals surface area contributed by atoms with Crippen LogP contribution in [0.15, 0.2) is 29.4 Å². The Morgan fingerprint density at radius 2 is 1.96 bits per heavy atom. The van der Waals surface area contributed by atoms with E-state index in [-0.39, 0.29) is 17.3 Å². The van der Waals surface area contributed by atoms with E-state index < -0.39 is 4.92 Å². The van der Waals surface area contributed by atoms with Crippen molar-refractivity contribution in [1.82, 2.24) is 15.0 Å². The fourth-order valence-electron chi connectivity index (χ4n) is 2.12. The molecule has 128 valence electrons. The number of non-ortho nitro benzene ring substituents is 1. The van der Waals surface area contributed by atoms with Gasteiger partial charge in [0.15, 0.2) is 10.3 Å². The molecular formula is C15H13N5O3S2. The zero-order valence-corrected chi connectivity index (χ0v) is 15.0. The Labute approximate surface area is 150 Å². The molecule has 0 bridgehead atoms. The summed E-state index contributed by atoms with van der Waals surface area (Å²) in [4.78, 5) is 35.2. The van der Waals surface area contributed by atoms with Gasteiger partial charge in [-0.3, -0.25) is 14.9 Å². The number of thiazole rings is 1. The van der Waals surface area contributed by atoms with E-state index in [4.69, 9.17) is 0 Å². The SMILES string of the molecule is Cc1cc(C)nc(SCC(=O)Nc2nc3ccc([N+](=O)[O-])cc3s2)n1. The molecule has 2 heterocycles. The molecule has 3 aromatic rings. The Balaban J connectivity index is 1.66. The van der Waals surface area contributed by atoms with Crippen molar-refractivity contribution in [3.05, 3.63) is 45.8 Å². The maximum Gasteiger partial charge on any atom is 0.270 e. The molecule has 0 aliphatic rings. The number of nitro groups is 1. The zero-order chi connectivity index (χ0) is 18.0. The number of nitro benzene ring substituents is 1. The Morgan fingerprint density at radius 3 is 2.64 bits per heavy atom. The average molecular weight is 375 g/mol. The number of rotatable bonds is 5. The van der Waals surface area contributed by atoms with Gasteiger partial charge in [0.05, 0.1) is 20.9 Å². The van der Waals surface area contributed by atoms with Crippen LogP contribution in [0.5, 0.6) is 0 Å². The van der Waals surface area contributed by atoms with E-state index >= 15 is 0 Å². The second-order valence-corrected chi connectivity index (χ2v) is 7.17. The minimum Gasteiger partial charge on any atom is -0.301 e.